The smallest absolute Gasteiger partial charge is 0.378 e. The molecule has 0 radical (unpaired) electrons. The Kier molecular flexibility index (Phi) is 3.72. The van der Waals surface area contributed by atoms with Crippen LogP contribution in [0.1, 0.15) is 0 Å². The number of nitrogens with zero attached hydrogens (tertiary/aromatic N) is 1. The van der Waals surface area contributed by atoms with Crippen molar-refractivity contribution in [2.45, 2.75) is 0 Å². The fraction of sp³-hybridized carbons (Fsp3) is 0. The van der Waals surface area contributed by atoms with Crippen molar-refractivity contribution < 1.29 is 9.52 Å². The number of hydrogen-bond donors (Lipinski definition) is 2. The zero-order valence-corrected chi connectivity index (χ0v) is 9.74. The molecular formula is C13H10N2O4. The Morgan fingerprint density at radius 1 is 1.11 bits per heavy atom. The number of H-pyrrole nitrogens is 1. The maximum Gasteiger partial charge on any atom is 0.378 e. The lowest BCUT2D eigenvalue weighted by Gasteiger charge is -1.94. The number of benzene rings is 1. The second-order valence-corrected chi connectivity index (χ2v) is 3.57. The van der Waals surface area contributed by atoms with E-state index in [9.17, 15) is 9.59 Å². The Morgan fingerprint density at radius 3 is 2.53 bits per heavy atom. The predicted molar refractivity (Wildman–Crippen MR) is 69.0 cm³/mol. The number of aromatic nitrogens is 2. The quantitative estimate of drug-likeness (QED) is 0.592. The summed E-state index contributed by atoms with van der Waals surface area (Å²) < 4.78 is 4.79. The minimum atomic E-state index is -0.700. The molecule has 0 aliphatic carbocycles. The highest BCUT2D eigenvalue weighted by atomic mass is 16.4. The third-order valence-corrected chi connectivity index (χ3v) is 2.21. The molecule has 19 heavy (non-hydrogen) atoms. The Morgan fingerprint density at radius 2 is 1.89 bits per heavy atom. The molecule has 2 heterocycles. The molecule has 0 unspecified atom stereocenters. The van der Waals surface area contributed by atoms with E-state index in [1.165, 1.54) is 18.3 Å². The van der Waals surface area contributed by atoms with Gasteiger partial charge in [0.25, 0.3) is 5.56 Å². The summed E-state index contributed by atoms with van der Waals surface area (Å²) in [6.45, 7) is 0. The van der Waals surface area contributed by atoms with Gasteiger partial charge in [0.15, 0.2) is 0 Å². The van der Waals surface area contributed by atoms with Gasteiger partial charge in [-0.1, -0.05) is 18.2 Å². The Hall–Kier alpha value is -2.89. The third-order valence-electron chi connectivity index (χ3n) is 2.21. The van der Waals surface area contributed by atoms with Crippen LogP contribution in [-0.4, -0.2) is 15.3 Å². The molecule has 0 fully saturated rings. The summed E-state index contributed by atoms with van der Waals surface area (Å²) in [6.07, 6.45) is 1.52. The topological polar surface area (TPSA) is 96.2 Å². The number of aromatic hydroxyl groups is 1. The van der Waals surface area contributed by atoms with Crippen molar-refractivity contribution in [3.63, 3.8) is 0 Å². The molecule has 0 spiro atoms. The summed E-state index contributed by atoms with van der Waals surface area (Å²) in [5.41, 5.74) is -0.378. The van der Waals surface area contributed by atoms with E-state index in [4.69, 9.17) is 9.52 Å². The molecule has 1 aromatic carbocycles. The van der Waals surface area contributed by atoms with Crippen LogP contribution in [0.25, 0.3) is 11.0 Å². The Labute approximate surface area is 107 Å². The van der Waals surface area contributed by atoms with Gasteiger partial charge < -0.3 is 9.52 Å². The highest BCUT2D eigenvalue weighted by Gasteiger charge is 2.00. The van der Waals surface area contributed by atoms with Crippen molar-refractivity contribution in [3.05, 3.63) is 69.4 Å². The number of nitrogens with one attached hydrogen (secondary N) is 1. The summed E-state index contributed by atoms with van der Waals surface area (Å²) >= 11 is 0. The fourth-order valence-electron chi connectivity index (χ4n) is 1.36. The molecule has 2 N–H and O–H groups in total. The number of para-hydroxylation sites is 1. The molecule has 0 bridgehead atoms. The molecule has 6 heteroatoms. The Bertz CT molecular complexity index is 775. The van der Waals surface area contributed by atoms with Gasteiger partial charge in [-0.05, 0) is 18.2 Å². The molecule has 0 amide bonds. The van der Waals surface area contributed by atoms with Crippen molar-refractivity contribution in [1.29, 1.82) is 0 Å². The van der Waals surface area contributed by atoms with Gasteiger partial charge in [-0.2, -0.15) is 5.10 Å². The second kappa shape index (κ2) is 5.63. The van der Waals surface area contributed by atoms with Crippen LogP contribution in [0.3, 0.4) is 0 Å². The largest absolute Gasteiger partial charge is 0.502 e. The van der Waals surface area contributed by atoms with E-state index in [1.807, 2.05) is 6.07 Å². The van der Waals surface area contributed by atoms with E-state index < -0.39 is 5.63 Å². The Balaban J connectivity index is 0.000000163. The van der Waals surface area contributed by atoms with E-state index in [1.54, 1.807) is 24.3 Å². The lowest BCUT2D eigenvalue weighted by atomic mass is 10.2. The van der Waals surface area contributed by atoms with Gasteiger partial charge >= 0.3 is 5.63 Å². The van der Waals surface area contributed by atoms with Crippen molar-refractivity contribution in [2.75, 3.05) is 0 Å². The number of hydrogen-bond acceptors (Lipinski definition) is 5. The molecular weight excluding hydrogens is 248 g/mol. The van der Waals surface area contributed by atoms with Gasteiger partial charge in [0, 0.05) is 17.6 Å². The summed E-state index contributed by atoms with van der Waals surface area (Å²) in [6, 6.07) is 11.4. The van der Waals surface area contributed by atoms with Crippen LogP contribution in [0.4, 0.5) is 0 Å². The predicted octanol–water partition coefficient (Wildman–Crippen LogP) is 1.27. The molecule has 6 nitrogen and oxygen atoms in total. The summed E-state index contributed by atoms with van der Waals surface area (Å²) in [5.74, 6) is -0.353. The molecule has 2 aromatic heterocycles. The van der Waals surface area contributed by atoms with Crippen molar-refractivity contribution in [1.82, 2.24) is 10.2 Å². The minimum absolute atomic E-state index is 0.164. The maximum atomic E-state index is 10.8. The van der Waals surface area contributed by atoms with Crippen molar-refractivity contribution in [3.8, 4) is 5.75 Å². The zero-order valence-electron chi connectivity index (χ0n) is 9.74. The van der Waals surface area contributed by atoms with E-state index >= 15 is 0 Å². The number of fused-ring (bicyclic) bond motifs is 1. The minimum Gasteiger partial charge on any atom is -0.502 e. The van der Waals surface area contributed by atoms with Crippen LogP contribution in [0.15, 0.2) is 62.7 Å². The highest BCUT2D eigenvalue weighted by Crippen LogP contribution is 2.14. The van der Waals surface area contributed by atoms with E-state index in [0.29, 0.717) is 5.58 Å². The maximum absolute atomic E-state index is 10.8. The summed E-state index contributed by atoms with van der Waals surface area (Å²) in [4.78, 5) is 21.0. The van der Waals surface area contributed by atoms with Crippen LogP contribution in [-0.2, 0) is 0 Å². The summed E-state index contributed by atoms with van der Waals surface area (Å²) in [5, 5.41) is 15.4. The highest BCUT2D eigenvalue weighted by molar-refractivity contribution is 5.77. The SMILES string of the molecule is O=c1cccn[nH]1.O=c1oc2ccccc2cc1O. The summed E-state index contributed by atoms with van der Waals surface area (Å²) in [7, 11) is 0. The first-order valence-electron chi connectivity index (χ1n) is 5.38. The van der Waals surface area contributed by atoms with E-state index in [0.717, 1.165) is 5.39 Å². The van der Waals surface area contributed by atoms with Gasteiger partial charge in [0.1, 0.15) is 5.58 Å². The lowest BCUT2D eigenvalue weighted by molar-refractivity contribution is 0.428. The zero-order chi connectivity index (χ0) is 13.7. The van der Waals surface area contributed by atoms with Crippen molar-refractivity contribution >= 4 is 11.0 Å². The van der Waals surface area contributed by atoms with Crippen LogP contribution in [0, 0.1) is 0 Å². The van der Waals surface area contributed by atoms with E-state index in [-0.39, 0.29) is 11.3 Å². The molecule has 0 saturated carbocycles. The molecule has 0 atom stereocenters. The first kappa shape index (κ1) is 12.6. The normalized spacial score (nSPS) is 9.68. The van der Waals surface area contributed by atoms with E-state index in [2.05, 4.69) is 10.2 Å². The van der Waals surface area contributed by atoms with Crippen LogP contribution < -0.4 is 11.2 Å². The average Bonchev–Trinajstić information content (AvgIpc) is 2.42. The second-order valence-electron chi connectivity index (χ2n) is 3.57. The van der Waals surface area contributed by atoms with Crippen molar-refractivity contribution in [2.24, 2.45) is 0 Å². The molecule has 0 aliphatic heterocycles. The van der Waals surface area contributed by atoms with Gasteiger partial charge in [-0.15, -0.1) is 0 Å². The van der Waals surface area contributed by atoms with Crippen LogP contribution in [0.5, 0.6) is 5.75 Å². The van der Waals surface area contributed by atoms with Gasteiger partial charge in [-0.25, -0.2) is 9.89 Å². The van der Waals surface area contributed by atoms with Gasteiger partial charge in [-0.3, -0.25) is 4.79 Å². The average molecular weight is 258 g/mol. The first-order chi connectivity index (χ1) is 9.16. The standard InChI is InChI=1S/C9H6O3.C4H4N2O/c10-7-5-6-3-1-2-4-8(6)12-9(7)11;7-4-2-1-3-5-6-4/h1-5,10H;1-3H,(H,6,7). The molecule has 3 rings (SSSR count). The third kappa shape index (κ3) is 3.29. The van der Waals surface area contributed by atoms with Gasteiger partial charge in [0.2, 0.25) is 5.75 Å². The molecule has 3 aromatic rings. The molecule has 96 valence electrons. The van der Waals surface area contributed by atoms with Crippen LogP contribution in [0.2, 0.25) is 0 Å². The first-order valence-corrected chi connectivity index (χ1v) is 5.38. The fourth-order valence-corrected chi connectivity index (χ4v) is 1.36. The number of rotatable bonds is 0. The molecule has 0 saturated heterocycles. The number of aromatic amines is 1. The van der Waals surface area contributed by atoms with Crippen LogP contribution >= 0.6 is 0 Å². The van der Waals surface area contributed by atoms with Gasteiger partial charge in [0.05, 0.1) is 0 Å². The lowest BCUT2D eigenvalue weighted by Crippen LogP contribution is -2.02. The molecule has 0 aliphatic rings. The monoisotopic (exact) mass is 258 g/mol.